The van der Waals surface area contributed by atoms with Crippen LogP contribution in [0.3, 0.4) is 0 Å². The van der Waals surface area contributed by atoms with Gasteiger partial charge >= 0.3 is 0 Å². The first kappa shape index (κ1) is 14.5. The summed E-state index contributed by atoms with van der Waals surface area (Å²) in [6, 6.07) is 9.65. The minimum atomic E-state index is -0.587. The molecule has 0 aliphatic rings. The number of methoxy groups -OCH3 is 2. The van der Waals surface area contributed by atoms with E-state index in [4.69, 9.17) is 9.47 Å². The second kappa shape index (κ2) is 6.04. The summed E-state index contributed by atoms with van der Waals surface area (Å²) in [5.74, 6) is 1.05. The predicted molar refractivity (Wildman–Crippen MR) is 77.0 cm³/mol. The monoisotopic (exact) mass is 287 g/mol. The molecule has 2 rings (SSSR count). The summed E-state index contributed by atoms with van der Waals surface area (Å²) >= 11 is 0. The number of nitrogens with zero attached hydrogens (tertiary/aromatic N) is 1. The lowest BCUT2D eigenvalue weighted by atomic mass is 10.0. The first-order valence-corrected chi connectivity index (χ1v) is 6.07. The van der Waals surface area contributed by atoms with E-state index in [2.05, 4.69) is 0 Å². The average molecular weight is 287 g/mol. The molecule has 0 saturated heterocycles. The molecule has 6 heteroatoms. The third-order valence-corrected chi connectivity index (χ3v) is 3.07. The molecule has 0 aromatic heterocycles. The molecule has 0 N–H and O–H groups in total. The smallest absolute Gasteiger partial charge is 0.279 e. The van der Waals surface area contributed by atoms with Gasteiger partial charge in [-0.15, -0.1) is 0 Å². The SMILES string of the molecule is COc1cccc(-c2ccc([N+](=O)[O-])c(C=O)c2)c1OC. The van der Waals surface area contributed by atoms with Gasteiger partial charge in [-0.1, -0.05) is 12.1 Å². The van der Waals surface area contributed by atoms with Gasteiger partial charge in [0.05, 0.1) is 24.7 Å². The lowest BCUT2D eigenvalue weighted by molar-refractivity contribution is -0.385. The van der Waals surface area contributed by atoms with Crippen molar-refractivity contribution in [2.24, 2.45) is 0 Å². The number of rotatable bonds is 5. The van der Waals surface area contributed by atoms with Crippen LogP contribution in [0.1, 0.15) is 10.4 Å². The van der Waals surface area contributed by atoms with Crippen molar-refractivity contribution in [3.05, 3.63) is 52.1 Å². The molecular formula is C15H13NO5. The Morgan fingerprint density at radius 1 is 1.14 bits per heavy atom. The van der Waals surface area contributed by atoms with Gasteiger partial charge in [-0.25, -0.2) is 0 Å². The van der Waals surface area contributed by atoms with Gasteiger partial charge in [0.15, 0.2) is 17.8 Å². The zero-order valence-corrected chi connectivity index (χ0v) is 11.5. The van der Waals surface area contributed by atoms with E-state index in [0.29, 0.717) is 28.9 Å². The van der Waals surface area contributed by atoms with Gasteiger partial charge in [0.1, 0.15) is 0 Å². The van der Waals surface area contributed by atoms with Crippen LogP contribution < -0.4 is 9.47 Å². The lowest BCUT2D eigenvalue weighted by Gasteiger charge is -2.12. The van der Waals surface area contributed by atoms with Crippen LogP contribution in [0.5, 0.6) is 11.5 Å². The average Bonchev–Trinajstić information content (AvgIpc) is 2.53. The van der Waals surface area contributed by atoms with E-state index in [1.807, 2.05) is 0 Å². The minimum absolute atomic E-state index is 0.0161. The van der Waals surface area contributed by atoms with Gasteiger partial charge in [0.2, 0.25) is 0 Å². The summed E-state index contributed by atoms with van der Waals surface area (Å²) in [5.41, 5.74) is 1.12. The van der Waals surface area contributed by atoms with Crippen LogP contribution in [0.4, 0.5) is 5.69 Å². The number of carbonyl (C=O) groups is 1. The molecule has 0 bridgehead atoms. The van der Waals surface area contributed by atoms with Crippen LogP contribution in [0.2, 0.25) is 0 Å². The summed E-state index contributed by atoms with van der Waals surface area (Å²) in [7, 11) is 3.03. The fourth-order valence-electron chi connectivity index (χ4n) is 2.10. The molecule has 0 amide bonds. The molecular weight excluding hydrogens is 274 g/mol. The van der Waals surface area contributed by atoms with Crippen molar-refractivity contribution in [2.75, 3.05) is 14.2 Å². The zero-order chi connectivity index (χ0) is 15.4. The fourth-order valence-corrected chi connectivity index (χ4v) is 2.10. The number of aldehydes is 1. The molecule has 0 unspecified atom stereocenters. The van der Waals surface area contributed by atoms with E-state index < -0.39 is 4.92 Å². The second-order valence-electron chi connectivity index (χ2n) is 4.19. The largest absolute Gasteiger partial charge is 0.493 e. The number of ether oxygens (including phenoxy) is 2. The number of carbonyl (C=O) groups excluding carboxylic acids is 1. The first-order valence-electron chi connectivity index (χ1n) is 6.07. The molecule has 0 radical (unpaired) electrons. The van der Waals surface area contributed by atoms with E-state index in [1.165, 1.54) is 26.4 Å². The van der Waals surface area contributed by atoms with Crippen LogP contribution in [-0.4, -0.2) is 25.4 Å². The van der Waals surface area contributed by atoms with E-state index in [0.717, 1.165) is 0 Å². The van der Waals surface area contributed by atoms with Crippen molar-refractivity contribution in [3.63, 3.8) is 0 Å². The van der Waals surface area contributed by atoms with Crippen LogP contribution >= 0.6 is 0 Å². The normalized spacial score (nSPS) is 10.0. The maximum absolute atomic E-state index is 11.0. The van der Waals surface area contributed by atoms with Crippen molar-refractivity contribution >= 4 is 12.0 Å². The van der Waals surface area contributed by atoms with E-state index in [-0.39, 0.29) is 11.3 Å². The first-order chi connectivity index (χ1) is 10.1. The zero-order valence-electron chi connectivity index (χ0n) is 11.5. The van der Waals surface area contributed by atoms with E-state index >= 15 is 0 Å². The van der Waals surface area contributed by atoms with Gasteiger partial charge in [-0.05, 0) is 23.8 Å². The number of nitro groups is 1. The highest BCUT2D eigenvalue weighted by atomic mass is 16.6. The van der Waals surface area contributed by atoms with Gasteiger partial charge in [-0.2, -0.15) is 0 Å². The van der Waals surface area contributed by atoms with Crippen LogP contribution in [0.15, 0.2) is 36.4 Å². The fraction of sp³-hybridized carbons (Fsp3) is 0.133. The highest BCUT2D eigenvalue weighted by molar-refractivity contribution is 5.86. The predicted octanol–water partition coefficient (Wildman–Crippen LogP) is 3.09. The van der Waals surface area contributed by atoms with Crippen molar-refractivity contribution < 1.29 is 19.2 Å². The van der Waals surface area contributed by atoms with Crippen LogP contribution in [-0.2, 0) is 0 Å². The summed E-state index contributed by atoms with van der Waals surface area (Å²) in [6.45, 7) is 0. The number of benzene rings is 2. The Balaban J connectivity index is 2.62. The molecule has 108 valence electrons. The third-order valence-electron chi connectivity index (χ3n) is 3.07. The molecule has 0 spiro atoms. The van der Waals surface area contributed by atoms with Crippen LogP contribution in [0.25, 0.3) is 11.1 Å². The minimum Gasteiger partial charge on any atom is -0.493 e. The molecule has 0 aliphatic heterocycles. The molecule has 21 heavy (non-hydrogen) atoms. The molecule has 0 heterocycles. The second-order valence-corrected chi connectivity index (χ2v) is 4.19. The molecule has 0 saturated carbocycles. The van der Waals surface area contributed by atoms with Gasteiger partial charge in [0.25, 0.3) is 5.69 Å². The Hall–Kier alpha value is -2.89. The van der Waals surface area contributed by atoms with Crippen molar-refractivity contribution in [2.45, 2.75) is 0 Å². The Bertz CT molecular complexity index is 696. The number of hydrogen-bond donors (Lipinski definition) is 0. The molecule has 0 aliphatic carbocycles. The summed E-state index contributed by atoms with van der Waals surface area (Å²) in [5, 5.41) is 10.9. The highest BCUT2D eigenvalue weighted by Crippen LogP contribution is 2.38. The van der Waals surface area contributed by atoms with Crippen molar-refractivity contribution in [1.29, 1.82) is 0 Å². The Kier molecular flexibility index (Phi) is 4.18. The van der Waals surface area contributed by atoms with Gasteiger partial charge in [-0.3, -0.25) is 14.9 Å². The molecule has 2 aromatic rings. The van der Waals surface area contributed by atoms with Gasteiger partial charge in [0, 0.05) is 11.6 Å². The summed E-state index contributed by atoms with van der Waals surface area (Å²) < 4.78 is 10.5. The Morgan fingerprint density at radius 2 is 1.90 bits per heavy atom. The molecule has 0 fully saturated rings. The Labute approximate surface area is 121 Å². The van der Waals surface area contributed by atoms with Crippen LogP contribution in [0, 0.1) is 10.1 Å². The summed E-state index contributed by atoms with van der Waals surface area (Å²) in [6.07, 6.45) is 0.467. The van der Waals surface area contributed by atoms with Crippen molar-refractivity contribution in [1.82, 2.24) is 0 Å². The molecule has 6 nitrogen and oxygen atoms in total. The summed E-state index contributed by atoms with van der Waals surface area (Å²) in [4.78, 5) is 21.3. The van der Waals surface area contributed by atoms with E-state index in [9.17, 15) is 14.9 Å². The third kappa shape index (κ3) is 2.69. The molecule has 2 aromatic carbocycles. The van der Waals surface area contributed by atoms with Crippen molar-refractivity contribution in [3.8, 4) is 22.6 Å². The Morgan fingerprint density at radius 3 is 2.48 bits per heavy atom. The maximum atomic E-state index is 11.0. The number of nitro benzene ring substituents is 1. The topological polar surface area (TPSA) is 78.7 Å². The number of para-hydroxylation sites is 1. The van der Waals surface area contributed by atoms with E-state index in [1.54, 1.807) is 24.3 Å². The standard InChI is InChI=1S/C15H13NO5/c1-20-14-5-3-4-12(15(14)21-2)10-6-7-13(16(18)19)11(8-10)9-17/h3-9H,1-2H3. The lowest BCUT2D eigenvalue weighted by Crippen LogP contribution is -1.96. The quantitative estimate of drug-likeness (QED) is 0.479. The number of hydrogen-bond acceptors (Lipinski definition) is 5. The molecule has 0 atom stereocenters. The van der Waals surface area contributed by atoms with Gasteiger partial charge < -0.3 is 9.47 Å². The maximum Gasteiger partial charge on any atom is 0.279 e. The highest BCUT2D eigenvalue weighted by Gasteiger charge is 2.17.